The van der Waals surface area contributed by atoms with Gasteiger partial charge < -0.3 is 10.6 Å². The molecule has 1 atom stereocenters. The van der Waals surface area contributed by atoms with Crippen LogP contribution >= 0.6 is 0 Å². The van der Waals surface area contributed by atoms with E-state index in [1.807, 2.05) is 13.0 Å². The van der Waals surface area contributed by atoms with E-state index in [0.717, 1.165) is 24.6 Å². The van der Waals surface area contributed by atoms with Crippen molar-refractivity contribution < 1.29 is 0 Å². The molecule has 0 amide bonds. The maximum Gasteiger partial charge on any atom is 0.222 e. The summed E-state index contributed by atoms with van der Waals surface area (Å²) in [7, 11) is 0. The first-order chi connectivity index (χ1) is 8.72. The quantitative estimate of drug-likeness (QED) is 0.803. The summed E-state index contributed by atoms with van der Waals surface area (Å²) in [6.45, 7) is 6.62. The first-order valence-electron chi connectivity index (χ1n) is 6.82. The minimum Gasteiger partial charge on any atom is -0.368 e. The highest BCUT2D eigenvalue weighted by molar-refractivity contribution is 5.43. The van der Waals surface area contributed by atoms with Gasteiger partial charge >= 0.3 is 0 Å². The van der Waals surface area contributed by atoms with Gasteiger partial charge in [-0.1, -0.05) is 0 Å². The van der Waals surface area contributed by atoms with Crippen LogP contribution in [0.3, 0.4) is 0 Å². The number of hydrogen-bond acceptors (Lipinski definition) is 5. The summed E-state index contributed by atoms with van der Waals surface area (Å²) in [5, 5.41) is 0. The fourth-order valence-corrected chi connectivity index (χ4v) is 3.15. The number of anilines is 2. The second-order valence-electron chi connectivity index (χ2n) is 5.36. The van der Waals surface area contributed by atoms with Crippen LogP contribution in [-0.4, -0.2) is 47.1 Å². The molecule has 0 bridgehead atoms. The van der Waals surface area contributed by atoms with E-state index >= 15 is 0 Å². The summed E-state index contributed by atoms with van der Waals surface area (Å²) in [4.78, 5) is 13.5. The molecule has 1 aromatic rings. The Hall–Kier alpha value is -1.36. The van der Waals surface area contributed by atoms with Crippen molar-refractivity contribution in [3.63, 3.8) is 0 Å². The zero-order chi connectivity index (χ0) is 12.5. The molecule has 2 saturated heterocycles. The van der Waals surface area contributed by atoms with E-state index in [0.29, 0.717) is 12.0 Å². The molecule has 2 fully saturated rings. The van der Waals surface area contributed by atoms with Crippen molar-refractivity contribution in [2.24, 2.45) is 0 Å². The monoisotopic (exact) mass is 247 g/mol. The third-order valence-electron chi connectivity index (χ3n) is 3.99. The summed E-state index contributed by atoms with van der Waals surface area (Å²) >= 11 is 0. The van der Waals surface area contributed by atoms with Gasteiger partial charge in [-0.3, -0.25) is 4.90 Å². The number of fused-ring (bicyclic) bond motifs is 1. The van der Waals surface area contributed by atoms with E-state index in [2.05, 4.69) is 19.8 Å². The minimum atomic E-state index is 0.387. The number of nitrogen functional groups attached to an aromatic ring is 1. The van der Waals surface area contributed by atoms with E-state index in [9.17, 15) is 0 Å². The molecule has 3 heterocycles. The van der Waals surface area contributed by atoms with Crippen LogP contribution in [0, 0.1) is 6.92 Å². The molecular formula is C13H21N5. The second kappa shape index (κ2) is 4.72. The topological polar surface area (TPSA) is 58.3 Å². The molecule has 18 heavy (non-hydrogen) atoms. The third-order valence-corrected chi connectivity index (χ3v) is 3.99. The van der Waals surface area contributed by atoms with Gasteiger partial charge in [-0.05, 0) is 32.7 Å². The average Bonchev–Trinajstić information content (AvgIpc) is 2.65. The lowest BCUT2D eigenvalue weighted by molar-refractivity contribution is 0.273. The van der Waals surface area contributed by atoms with Crippen molar-refractivity contribution in [3.05, 3.63) is 11.8 Å². The Morgan fingerprint density at radius 1 is 1.22 bits per heavy atom. The molecule has 0 spiro atoms. The van der Waals surface area contributed by atoms with Gasteiger partial charge in [-0.2, -0.15) is 4.98 Å². The Kier molecular flexibility index (Phi) is 3.07. The van der Waals surface area contributed by atoms with E-state index in [-0.39, 0.29) is 0 Å². The number of nitrogens with zero attached hydrogens (tertiary/aromatic N) is 4. The first kappa shape index (κ1) is 11.7. The van der Waals surface area contributed by atoms with Gasteiger partial charge in [-0.25, -0.2) is 4.98 Å². The fourth-order valence-electron chi connectivity index (χ4n) is 3.15. The highest BCUT2D eigenvalue weighted by atomic mass is 15.3. The summed E-state index contributed by atoms with van der Waals surface area (Å²) in [5.74, 6) is 1.38. The van der Waals surface area contributed by atoms with Gasteiger partial charge in [0.15, 0.2) is 0 Å². The Labute approximate surface area is 108 Å². The molecule has 5 nitrogen and oxygen atoms in total. The number of aromatic nitrogens is 2. The Morgan fingerprint density at radius 2 is 2.06 bits per heavy atom. The molecule has 0 saturated carbocycles. The number of hydrogen-bond donors (Lipinski definition) is 1. The molecule has 0 aliphatic carbocycles. The van der Waals surface area contributed by atoms with Crippen LogP contribution in [0.2, 0.25) is 0 Å². The van der Waals surface area contributed by atoms with Crippen molar-refractivity contribution in [2.45, 2.75) is 32.2 Å². The number of nitrogens with two attached hydrogens (primary N) is 1. The second-order valence-corrected chi connectivity index (χ2v) is 5.36. The van der Waals surface area contributed by atoms with Crippen molar-refractivity contribution in [1.29, 1.82) is 0 Å². The Bertz CT molecular complexity index is 413. The largest absolute Gasteiger partial charge is 0.368 e. The molecule has 2 N–H and O–H groups in total. The molecule has 5 heteroatoms. The van der Waals surface area contributed by atoms with E-state index in [1.54, 1.807) is 0 Å². The van der Waals surface area contributed by atoms with Crippen molar-refractivity contribution in [3.8, 4) is 0 Å². The Balaban J connectivity index is 1.82. The van der Waals surface area contributed by atoms with Crippen LogP contribution < -0.4 is 10.6 Å². The predicted molar refractivity (Wildman–Crippen MR) is 72.6 cm³/mol. The van der Waals surface area contributed by atoms with Gasteiger partial charge in [0.25, 0.3) is 0 Å². The molecule has 1 unspecified atom stereocenters. The molecule has 2 aliphatic heterocycles. The molecule has 2 aliphatic rings. The van der Waals surface area contributed by atoms with E-state index in [1.165, 1.54) is 32.4 Å². The maximum absolute atomic E-state index is 5.75. The smallest absolute Gasteiger partial charge is 0.222 e. The number of rotatable bonds is 1. The SMILES string of the molecule is Cc1cc(N2CCCN3CCCC3C2)nc(N)n1. The minimum absolute atomic E-state index is 0.387. The van der Waals surface area contributed by atoms with E-state index < -0.39 is 0 Å². The standard InChI is InChI=1S/C13H21N5/c1-10-8-12(16-13(14)15-10)18-7-3-6-17-5-2-4-11(17)9-18/h8,11H,2-7,9H2,1H3,(H2,14,15,16). The Morgan fingerprint density at radius 3 is 2.89 bits per heavy atom. The van der Waals surface area contributed by atoms with Gasteiger partial charge in [0.2, 0.25) is 5.95 Å². The van der Waals surface area contributed by atoms with Gasteiger partial charge in [0.1, 0.15) is 5.82 Å². The summed E-state index contributed by atoms with van der Waals surface area (Å²) in [6, 6.07) is 2.74. The average molecular weight is 247 g/mol. The fraction of sp³-hybridized carbons (Fsp3) is 0.692. The van der Waals surface area contributed by atoms with Crippen molar-refractivity contribution in [1.82, 2.24) is 14.9 Å². The summed E-state index contributed by atoms with van der Waals surface area (Å²) < 4.78 is 0. The zero-order valence-electron chi connectivity index (χ0n) is 11.0. The normalized spacial score (nSPS) is 24.9. The highest BCUT2D eigenvalue weighted by Crippen LogP contribution is 2.24. The van der Waals surface area contributed by atoms with Crippen molar-refractivity contribution in [2.75, 3.05) is 36.8 Å². The number of aryl methyl sites for hydroxylation is 1. The lowest BCUT2D eigenvalue weighted by Crippen LogP contribution is -2.37. The van der Waals surface area contributed by atoms with Gasteiger partial charge in [0.05, 0.1) is 0 Å². The first-order valence-corrected chi connectivity index (χ1v) is 6.82. The lowest BCUT2D eigenvalue weighted by atomic mass is 10.2. The molecule has 3 rings (SSSR count). The van der Waals surface area contributed by atoms with Crippen LogP contribution in [0.15, 0.2) is 6.07 Å². The highest BCUT2D eigenvalue weighted by Gasteiger charge is 2.29. The van der Waals surface area contributed by atoms with E-state index in [4.69, 9.17) is 5.73 Å². The lowest BCUT2D eigenvalue weighted by Gasteiger charge is -2.26. The van der Waals surface area contributed by atoms with Gasteiger partial charge in [0, 0.05) is 37.4 Å². The van der Waals surface area contributed by atoms with Crippen LogP contribution in [0.5, 0.6) is 0 Å². The zero-order valence-corrected chi connectivity index (χ0v) is 11.0. The third kappa shape index (κ3) is 2.27. The predicted octanol–water partition coefficient (Wildman–Crippen LogP) is 1.04. The molecule has 0 radical (unpaired) electrons. The van der Waals surface area contributed by atoms with Gasteiger partial charge in [-0.15, -0.1) is 0 Å². The maximum atomic E-state index is 5.75. The van der Waals surface area contributed by atoms with Crippen LogP contribution in [0.4, 0.5) is 11.8 Å². The summed E-state index contributed by atoms with van der Waals surface area (Å²) in [5.41, 5.74) is 6.70. The van der Waals surface area contributed by atoms with Crippen LogP contribution in [0.25, 0.3) is 0 Å². The molecule has 98 valence electrons. The van der Waals surface area contributed by atoms with Crippen LogP contribution in [-0.2, 0) is 0 Å². The van der Waals surface area contributed by atoms with Crippen LogP contribution in [0.1, 0.15) is 25.0 Å². The molecule has 1 aromatic heterocycles. The summed E-state index contributed by atoms with van der Waals surface area (Å²) in [6.07, 6.45) is 3.86. The van der Waals surface area contributed by atoms with Crippen molar-refractivity contribution >= 4 is 11.8 Å². The molecule has 0 aromatic carbocycles. The molecular weight excluding hydrogens is 226 g/mol.